The van der Waals surface area contributed by atoms with Crippen LogP contribution in [0.5, 0.6) is 0 Å². The average molecular weight is 360 g/mol. The summed E-state index contributed by atoms with van der Waals surface area (Å²) in [4.78, 5) is 12.5. The molecule has 6 heteroatoms. The number of nitrogens with zero attached hydrogens (tertiary/aromatic N) is 1. The summed E-state index contributed by atoms with van der Waals surface area (Å²) in [5.74, 6) is -0.373. The van der Waals surface area contributed by atoms with E-state index < -0.39 is 10.0 Å². The van der Waals surface area contributed by atoms with Crippen LogP contribution in [0.15, 0.2) is 42.5 Å². The molecule has 0 radical (unpaired) electrons. The fourth-order valence-electron chi connectivity index (χ4n) is 2.62. The Morgan fingerprint density at radius 3 is 2.08 bits per heavy atom. The van der Waals surface area contributed by atoms with Crippen molar-refractivity contribution in [3.63, 3.8) is 0 Å². The molecule has 0 saturated heterocycles. The van der Waals surface area contributed by atoms with Crippen LogP contribution in [0, 0.1) is 13.8 Å². The van der Waals surface area contributed by atoms with Crippen LogP contribution in [0.3, 0.4) is 0 Å². The van der Waals surface area contributed by atoms with Gasteiger partial charge in [0, 0.05) is 5.69 Å². The molecule has 2 aromatic rings. The molecular weight excluding hydrogens is 336 g/mol. The van der Waals surface area contributed by atoms with Crippen molar-refractivity contribution in [3.8, 4) is 0 Å². The Hall–Kier alpha value is -2.34. The van der Waals surface area contributed by atoms with Crippen LogP contribution in [-0.2, 0) is 21.2 Å². The van der Waals surface area contributed by atoms with Gasteiger partial charge in [0.25, 0.3) is 0 Å². The first kappa shape index (κ1) is 19.0. The molecule has 0 atom stereocenters. The molecular formula is C19H24N2O3S. The highest BCUT2D eigenvalue weighted by molar-refractivity contribution is 7.92. The van der Waals surface area contributed by atoms with Crippen LogP contribution < -0.4 is 9.62 Å². The van der Waals surface area contributed by atoms with Crippen molar-refractivity contribution in [2.75, 3.05) is 22.4 Å². The predicted octanol–water partition coefficient (Wildman–Crippen LogP) is 3.27. The first-order valence-corrected chi connectivity index (χ1v) is 10.00. The van der Waals surface area contributed by atoms with Gasteiger partial charge in [-0.05, 0) is 49.1 Å². The molecule has 0 aromatic heterocycles. The summed E-state index contributed by atoms with van der Waals surface area (Å²) in [5, 5.41) is 2.83. The Balaban J connectivity index is 2.24. The molecule has 0 aliphatic rings. The Morgan fingerprint density at radius 2 is 1.60 bits per heavy atom. The van der Waals surface area contributed by atoms with Crippen LogP contribution in [0.2, 0.25) is 0 Å². The van der Waals surface area contributed by atoms with E-state index in [9.17, 15) is 13.2 Å². The highest BCUT2D eigenvalue weighted by atomic mass is 32.2. The summed E-state index contributed by atoms with van der Waals surface area (Å²) < 4.78 is 25.4. The molecule has 0 heterocycles. The first-order chi connectivity index (χ1) is 11.7. The summed E-state index contributed by atoms with van der Waals surface area (Å²) in [6, 6.07) is 12.9. The van der Waals surface area contributed by atoms with Crippen molar-refractivity contribution in [1.29, 1.82) is 0 Å². The minimum Gasteiger partial charge on any atom is -0.324 e. The molecule has 5 nitrogen and oxygen atoms in total. The van der Waals surface area contributed by atoms with E-state index in [0.717, 1.165) is 39.4 Å². The largest absolute Gasteiger partial charge is 0.324 e. The van der Waals surface area contributed by atoms with Gasteiger partial charge in [-0.2, -0.15) is 0 Å². The quantitative estimate of drug-likeness (QED) is 0.860. The Kier molecular flexibility index (Phi) is 5.85. The number of benzene rings is 2. The van der Waals surface area contributed by atoms with Crippen LogP contribution in [0.1, 0.15) is 23.6 Å². The van der Waals surface area contributed by atoms with E-state index in [0.29, 0.717) is 5.69 Å². The standard InChI is InChI=1S/C19H24N2O3S/c1-5-16-9-11-17(12-10-16)21(25(4,23)24)13-18(22)20-19-14(2)7-6-8-15(19)3/h6-12H,5,13H2,1-4H3,(H,20,22). The van der Waals surface area contributed by atoms with Gasteiger partial charge >= 0.3 is 0 Å². The fourth-order valence-corrected chi connectivity index (χ4v) is 3.48. The third kappa shape index (κ3) is 4.82. The number of sulfonamides is 1. The van der Waals surface area contributed by atoms with Gasteiger partial charge in [0.2, 0.25) is 15.9 Å². The van der Waals surface area contributed by atoms with Gasteiger partial charge in [0.15, 0.2) is 0 Å². The maximum Gasteiger partial charge on any atom is 0.245 e. The van der Waals surface area contributed by atoms with Crippen LogP contribution in [0.25, 0.3) is 0 Å². The number of anilines is 2. The summed E-state index contributed by atoms with van der Waals surface area (Å²) in [5.41, 5.74) is 4.19. The Morgan fingerprint density at radius 1 is 1.04 bits per heavy atom. The molecule has 0 aliphatic carbocycles. The SMILES string of the molecule is CCc1ccc(N(CC(=O)Nc2c(C)cccc2C)S(C)(=O)=O)cc1. The molecule has 0 saturated carbocycles. The monoisotopic (exact) mass is 360 g/mol. The van der Waals surface area contributed by atoms with E-state index in [1.807, 2.05) is 51.1 Å². The average Bonchev–Trinajstić information content (AvgIpc) is 2.55. The van der Waals surface area contributed by atoms with Gasteiger partial charge in [-0.15, -0.1) is 0 Å². The summed E-state index contributed by atoms with van der Waals surface area (Å²) in [7, 11) is -3.57. The Bertz CT molecular complexity index is 838. The number of carbonyl (C=O) groups is 1. The minimum atomic E-state index is -3.57. The molecule has 0 spiro atoms. The minimum absolute atomic E-state index is 0.266. The van der Waals surface area contributed by atoms with Crippen molar-refractivity contribution in [1.82, 2.24) is 0 Å². The molecule has 0 aliphatic heterocycles. The van der Waals surface area contributed by atoms with E-state index in [-0.39, 0.29) is 12.5 Å². The lowest BCUT2D eigenvalue weighted by molar-refractivity contribution is -0.114. The van der Waals surface area contributed by atoms with Gasteiger partial charge in [-0.1, -0.05) is 37.3 Å². The van der Waals surface area contributed by atoms with Crippen LogP contribution in [0.4, 0.5) is 11.4 Å². The zero-order valence-corrected chi connectivity index (χ0v) is 15.9. The van der Waals surface area contributed by atoms with Gasteiger partial charge in [0.05, 0.1) is 11.9 Å². The van der Waals surface area contributed by atoms with Crippen molar-refractivity contribution >= 4 is 27.3 Å². The number of rotatable bonds is 6. The van der Waals surface area contributed by atoms with Crippen molar-refractivity contribution in [3.05, 3.63) is 59.2 Å². The highest BCUT2D eigenvalue weighted by Crippen LogP contribution is 2.21. The normalized spacial score (nSPS) is 11.2. The topological polar surface area (TPSA) is 66.5 Å². The number of hydrogen-bond acceptors (Lipinski definition) is 3. The molecule has 1 N–H and O–H groups in total. The van der Waals surface area contributed by atoms with Gasteiger partial charge in [-0.25, -0.2) is 8.42 Å². The highest BCUT2D eigenvalue weighted by Gasteiger charge is 2.21. The molecule has 2 rings (SSSR count). The zero-order valence-electron chi connectivity index (χ0n) is 15.0. The molecule has 2 aromatic carbocycles. The van der Waals surface area contributed by atoms with E-state index in [1.165, 1.54) is 0 Å². The van der Waals surface area contributed by atoms with E-state index >= 15 is 0 Å². The van der Waals surface area contributed by atoms with Gasteiger partial charge in [0.1, 0.15) is 6.54 Å². The lowest BCUT2D eigenvalue weighted by Crippen LogP contribution is -2.37. The molecule has 0 bridgehead atoms. The van der Waals surface area contributed by atoms with Crippen LogP contribution >= 0.6 is 0 Å². The third-order valence-electron chi connectivity index (χ3n) is 4.07. The van der Waals surface area contributed by atoms with E-state index in [2.05, 4.69) is 5.32 Å². The summed E-state index contributed by atoms with van der Waals surface area (Å²) in [6.45, 7) is 5.57. The van der Waals surface area contributed by atoms with E-state index in [1.54, 1.807) is 12.1 Å². The van der Waals surface area contributed by atoms with Crippen molar-refractivity contribution in [2.24, 2.45) is 0 Å². The second-order valence-corrected chi connectivity index (χ2v) is 8.01. The summed E-state index contributed by atoms with van der Waals surface area (Å²) in [6.07, 6.45) is 1.97. The number of aryl methyl sites for hydroxylation is 3. The lowest BCUT2D eigenvalue weighted by Gasteiger charge is -2.22. The number of carbonyl (C=O) groups excluding carboxylic acids is 1. The number of hydrogen-bond donors (Lipinski definition) is 1. The number of nitrogens with one attached hydrogen (secondary N) is 1. The second-order valence-electron chi connectivity index (χ2n) is 6.10. The lowest BCUT2D eigenvalue weighted by atomic mass is 10.1. The molecule has 0 fully saturated rings. The molecule has 1 amide bonds. The molecule has 0 unspecified atom stereocenters. The fraction of sp³-hybridized carbons (Fsp3) is 0.316. The Labute approximate surface area is 149 Å². The zero-order chi connectivity index (χ0) is 18.6. The maximum atomic E-state index is 12.5. The van der Waals surface area contributed by atoms with Crippen molar-refractivity contribution < 1.29 is 13.2 Å². The maximum absolute atomic E-state index is 12.5. The number of para-hydroxylation sites is 1. The molecule has 134 valence electrons. The summed E-state index contributed by atoms with van der Waals surface area (Å²) >= 11 is 0. The third-order valence-corrected chi connectivity index (χ3v) is 5.21. The first-order valence-electron chi connectivity index (χ1n) is 8.15. The van der Waals surface area contributed by atoms with Gasteiger partial charge < -0.3 is 5.32 Å². The second kappa shape index (κ2) is 7.70. The predicted molar refractivity (Wildman–Crippen MR) is 103 cm³/mol. The molecule has 25 heavy (non-hydrogen) atoms. The van der Waals surface area contributed by atoms with Gasteiger partial charge in [-0.3, -0.25) is 9.10 Å². The number of amides is 1. The van der Waals surface area contributed by atoms with E-state index in [4.69, 9.17) is 0 Å². The van der Waals surface area contributed by atoms with Crippen LogP contribution in [-0.4, -0.2) is 27.1 Å². The smallest absolute Gasteiger partial charge is 0.245 e. The van der Waals surface area contributed by atoms with Crippen molar-refractivity contribution in [2.45, 2.75) is 27.2 Å².